The lowest BCUT2D eigenvalue weighted by molar-refractivity contribution is 0.131. The first-order chi connectivity index (χ1) is 9.28. The number of nitrogens with zero attached hydrogens (tertiary/aromatic N) is 3. The van der Waals surface area contributed by atoms with E-state index in [0.29, 0.717) is 5.41 Å². The van der Waals surface area contributed by atoms with E-state index in [2.05, 4.69) is 32.1 Å². The normalized spacial score (nSPS) is 17.0. The van der Waals surface area contributed by atoms with Gasteiger partial charge >= 0.3 is 0 Å². The van der Waals surface area contributed by atoms with Crippen molar-refractivity contribution in [2.24, 2.45) is 10.4 Å². The van der Waals surface area contributed by atoms with Crippen LogP contribution in [-0.4, -0.2) is 35.6 Å². The summed E-state index contributed by atoms with van der Waals surface area (Å²) < 4.78 is 2.06. The van der Waals surface area contributed by atoms with Crippen LogP contribution in [-0.2, 0) is 6.54 Å². The predicted molar refractivity (Wildman–Crippen MR) is 93.6 cm³/mol. The fourth-order valence-corrected chi connectivity index (χ4v) is 2.55. The maximum atomic E-state index is 4.27. The number of hydrogen-bond acceptors (Lipinski definition) is 2. The lowest BCUT2D eigenvalue weighted by Gasteiger charge is -2.41. The lowest BCUT2D eigenvalue weighted by Crippen LogP contribution is -2.46. The Bertz CT molecular complexity index is 392. The van der Waals surface area contributed by atoms with Crippen molar-refractivity contribution in [3.63, 3.8) is 0 Å². The molecular formula is C14H26IN5. The van der Waals surface area contributed by atoms with Crippen LogP contribution in [0.5, 0.6) is 0 Å². The van der Waals surface area contributed by atoms with Gasteiger partial charge in [0.1, 0.15) is 0 Å². The number of hydrogen-bond donors (Lipinski definition) is 2. The van der Waals surface area contributed by atoms with Gasteiger partial charge in [-0.2, -0.15) is 0 Å². The smallest absolute Gasteiger partial charge is 0.191 e. The summed E-state index contributed by atoms with van der Waals surface area (Å²) in [5.41, 5.74) is 0.516. The molecule has 6 heteroatoms. The van der Waals surface area contributed by atoms with Crippen molar-refractivity contribution in [2.45, 2.75) is 39.2 Å². The van der Waals surface area contributed by atoms with E-state index in [1.54, 1.807) is 6.20 Å². The molecule has 0 amide bonds. The first-order valence-electron chi connectivity index (χ1n) is 7.18. The fraction of sp³-hybridized carbons (Fsp3) is 0.714. The van der Waals surface area contributed by atoms with E-state index in [1.807, 2.05) is 19.6 Å². The van der Waals surface area contributed by atoms with Crippen LogP contribution in [0.3, 0.4) is 0 Å². The average Bonchev–Trinajstić information content (AvgIpc) is 2.89. The van der Waals surface area contributed by atoms with E-state index in [-0.39, 0.29) is 24.0 Å². The van der Waals surface area contributed by atoms with Crippen molar-refractivity contribution in [1.29, 1.82) is 0 Å². The molecule has 1 aliphatic rings. The van der Waals surface area contributed by atoms with Crippen molar-refractivity contribution in [1.82, 2.24) is 20.2 Å². The summed E-state index contributed by atoms with van der Waals surface area (Å²) in [7, 11) is 1.83. The van der Waals surface area contributed by atoms with Crippen LogP contribution in [0.4, 0.5) is 0 Å². The summed E-state index contributed by atoms with van der Waals surface area (Å²) >= 11 is 0. The van der Waals surface area contributed by atoms with Gasteiger partial charge in [-0.1, -0.05) is 13.3 Å². The van der Waals surface area contributed by atoms with Crippen molar-refractivity contribution < 1.29 is 0 Å². The number of imidazole rings is 1. The van der Waals surface area contributed by atoms with Gasteiger partial charge in [0.15, 0.2) is 5.96 Å². The highest BCUT2D eigenvalue weighted by atomic mass is 127. The Morgan fingerprint density at radius 3 is 2.70 bits per heavy atom. The second-order valence-corrected chi connectivity index (χ2v) is 5.36. The molecule has 0 unspecified atom stereocenters. The van der Waals surface area contributed by atoms with Crippen molar-refractivity contribution in [3.8, 4) is 0 Å². The molecule has 0 radical (unpaired) electrons. The SMILES string of the molecule is CCC1(CNC(=NC)NCCn2ccnc2)CCC1.I. The molecule has 0 spiro atoms. The van der Waals surface area contributed by atoms with E-state index in [4.69, 9.17) is 0 Å². The number of guanidine groups is 1. The van der Waals surface area contributed by atoms with Gasteiger partial charge in [-0.3, -0.25) is 4.99 Å². The number of halogens is 1. The van der Waals surface area contributed by atoms with Crippen LogP contribution < -0.4 is 10.6 Å². The van der Waals surface area contributed by atoms with Crippen LogP contribution in [0.1, 0.15) is 32.6 Å². The zero-order chi connectivity index (χ0) is 13.6. The molecule has 20 heavy (non-hydrogen) atoms. The number of nitrogens with one attached hydrogen (secondary N) is 2. The minimum Gasteiger partial charge on any atom is -0.356 e. The molecule has 114 valence electrons. The Morgan fingerprint density at radius 2 is 2.20 bits per heavy atom. The molecule has 1 heterocycles. The highest BCUT2D eigenvalue weighted by Gasteiger charge is 2.34. The zero-order valence-corrected chi connectivity index (χ0v) is 14.8. The molecule has 0 aliphatic heterocycles. The van der Waals surface area contributed by atoms with E-state index >= 15 is 0 Å². The summed E-state index contributed by atoms with van der Waals surface area (Å²) in [4.78, 5) is 8.30. The third-order valence-corrected chi connectivity index (χ3v) is 4.24. The zero-order valence-electron chi connectivity index (χ0n) is 12.4. The molecule has 2 N–H and O–H groups in total. The van der Waals surface area contributed by atoms with Crippen molar-refractivity contribution >= 4 is 29.9 Å². The highest BCUT2D eigenvalue weighted by Crippen LogP contribution is 2.42. The van der Waals surface area contributed by atoms with Crippen LogP contribution in [0.2, 0.25) is 0 Å². The number of aliphatic imine (C=N–C) groups is 1. The molecule has 0 bridgehead atoms. The first-order valence-corrected chi connectivity index (χ1v) is 7.18. The van der Waals surface area contributed by atoms with Crippen molar-refractivity contribution in [3.05, 3.63) is 18.7 Å². The lowest BCUT2D eigenvalue weighted by atomic mass is 9.67. The molecule has 2 rings (SSSR count). The quantitative estimate of drug-likeness (QED) is 0.444. The Morgan fingerprint density at radius 1 is 1.40 bits per heavy atom. The molecule has 0 saturated heterocycles. The van der Waals surface area contributed by atoms with Crippen LogP contribution >= 0.6 is 24.0 Å². The van der Waals surface area contributed by atoms with E-state index in [0.717, 1.165) is 25.6 Å². The molecule has 1 aromatic heterocycles. The van der Waals surface area contributed by atoms with Gasteiger partial charge < -0.3 is 15.2 Å². The van der Waals surface area contributed by atoms with Gasteiger partial charge in [-0.05, 0) is 24.7 Å². The van der Waals surface area contributed by atoms with Crippen LogP contribution in [0.25, 0.3) is 0 Å². The minimum atomic E-state index is 0. The Kier molecular flexibility index (Phi) is 7.32. The van der Waals surface area contributed by atoms with E-state index < -0.39 is 0 Å². The van der Waals surface area contributed by atoms with Gasteiger partial charge in [-0.25, -0.2) is 4.98 Å². The molecule has 1 aromatic rings. The van der Waals surface area contributed by atoms with Gasteiger partial charge in [0.05, 0.1) is 6.33 Å². The van der Waals surface area contributed by atoms with Gasteiger partial charge in [0.25, 0.3) is 0 Å². The summed E-state index contributed by atoms with van der Waals surface area (Å²) in [5, 5.41) is 6.80. The fourth-order valence-electron chi connectivity index (χ4n) is 2.55. The van der Waals surface area contributed by atoms with Gasteiger partial charge in [-0.15, -0.1) is 24.0 Å². The molecule has 0 aromatic carbocycles. The topological polar surface area (TPSA) is 54.2 Å². The predicted octanol–water partition coefficient (Wildman–Crippen LogP) is 2.25. The van der Waals surface area contributed by atoms with Crippen molar-refractivity contribution in [2.75, 3.05) is 20.1 Å². The monoisotopic (exact) mass is 391 g/mol. The third kappa shape index (κ3) is 4.64. The van der Waals surface area contributed by atoms with Gasteiger partial charge in [0, 0.05) is 39.1 Å². The standard InChI is InChI=1S/C14H25N5.HI/c1-3-14(5-4-6-14)11-18-13(15-2)17-8-10-19-9-7-16-12-19;/h7,9,12H,3-6,8,10-11H2,1-2H3,(H2,15,17,18);1H. The van der Waals surface area contributed by atoms with E-state index in [9.17, 15) is 0 Å². The van der Waals surface area contributed by atoms with Crippen LogP contribution in [0, 0.1) is 5.41 Å². The second kappa shape index (κ2) is 8.49. The maximum Gasteiger partial charge on any atom is 0.191 e. The Balaban J connectivity index is 0.00000200. The summed E-state index contributed by atoms with van der Waals surface area (Å²) in [6.45, 7) is 5.08. The molecule has 1 saturated carbocycles. The minimum absolute atomic E-state index is 0. The second-order valence-electron chi connectivity index (χ2n) is 5.36. The summed E-state index contributed by atoms with van der Waals surface area (Å²) in [6.07, 6.45) is 10.9. The first kappa shape index (κ1) is 17.3. The maximum absolute atomic E-state index is 4.27. The van der Waals surface area contributed by atoms with Crippen LogP contribution in [0.15, 0.2) is 23.7 Å². The molecule has 1 fully saturated rings. The summed E-state index contributed by atoms with van der Waals surface area (Å²) in [6, 6.07) is 0. The molecular weight excluding hydrogens is 365 g/mol. The highest BCUT2D eigenvalue weighted by molar-refractivity contribution is 14.0. The third-order valence-electron chi connectivity index (χ3n) is 4.24. The Labute approximate surface area is 138 Å². The van der Waals surface area contributed by atoms with E-state index in [1.165, 1.54) is 25.7 Å². The van der Waals surface area contributed by atoms with Gasteiger partial charge in [0.2, 0.25) is 0 Å². The molecule has 0 atom stereocenters. The average molecular weight is 391 g/mol. The molecule has 5 nitrogen and oxygen atoms in total. The largest absolute Gasteiger partial charge is 0.356 e. The Hall–Kier alpha value is -0.790. The molecule has 1 aliphatic carbocycles. The summed E-state index contributed by atoms with van der Waals surface area (Å²) in [5.74, 6) is 0.903. The number of aromatic nitrogens is 2. The number of rotatable bonds is 6.